The second kappa shape index (κ2) is 12.8. The molecule has 1 fully saturated rings. The Morgan fingerprint density at radius 1 is 1.03 bits per heavy atom. The highest BCUT2D eigenvalue weighted by Gasteiger charge is 2.27. The quantitative estimate of drug-likeness (QED) is 0.207. The van der Waals surface area contributed by atoms with E-state index in [-0.39, 0.29) is 18.5 Å². The molecule has 1 aliphatic rings. The monoisotopic (exact) mass is 464 g/mol. The minimum atomic E-state index is -0.431. The minimum absolute atomic E-state index is 0.00388. The van der Waals surface area contributed by atoms with Gasteiger partial charge in [0.15, 0.2) is 0 Å². The number of hydrogen-bond acceptors (Lipinski definition) is 6. The molecule has 1 saturated carbocycles. The molecule has 2 aromatic rings. The molecule has 0 unspecified atom stereocenters. The SMILES string of the molecule is CCCCC1CCC(C(=O)Oc2ccc(C=CC(=O)OCCc3ccc(N)cc3N)cc2)CC1. The lowest BCUT2D eigenvalue weighted by molar-refractivity contribution is -0.140. The molecule has 0 aromatic heterocycles. The molecule has 0 amide bonds. The van der Waals surface area contributed by atoms with Gasteiger partial charge < -0.3 is 20.9 Å². The molecule has 34 heavy (non-hydrogen) atoms. The maximum atomic E-state index is 12.5. The van der Waals surface area contributed by atoms with E-state index in [1.807, 2.05) is 18.2 Å². The van der Waals surface area contributed by atoms with Gasteiger partial charge in [0.2, 0.25) is 0 Å². The van der Waals surface area contributed by atoms with Crippen LogP contribution in [-0.4, -0.2) is 18.5 Å². The molecule has 4 N–H and O–H groups in total. The fourth-order valence-electron chi connectivity index (χ4n) is 4.34. The first-order chi connectivity index (χ1) is 16.4. The summed E-state index contributed by atoms with van der Waals surface area (Å²) in [6.07, 6.45) is 11.4. The van der Waals surface area contributed by atoms with E-state index >= 15 is 0 Å². The number of rotatable bonds is 10. The van der Waals surface area contributed by atoms with Gasteiger partial charge in [0.25, 0.3) is 0 Å². The number of nitrogens with two attached hydrogens (primary N) is 2. The van der Waals surface area contributed by atoms with Gasteiger partial charge in [-0.15, -0.1) is 0 Å². The van der Waals surface area contributed by atoms with Crippen molar-refractivity contribution >= 4 is 29.4 Å². The third-order valence-electron chi connectivity index (χ3n) is 6.44. The summed E-state index contributed by atoms with van der Waals surface area (Å²) < 4.78 is 10.8. The van der Waals surface area contributed by atoms with Crippen LogP contribution in [-0.2, 0) is 20.7 Å². The highest BCUT2D eigenvalue weighted by Crippen LogP contribution is 2.32. The van der Waals surface area contributed by atoms with E-state index in [4.69, 9.17) is 20.9 Å². The molecule has 6 nitrogen and oxygen atoms in total. The zero-order valence-electron chi connectivity index (χ0n) is 20.0. The van der Waals surface area contributed by atoms with Crippen LogP contribution in [0.3, 0.4) is 0 Å². The molecule has 3 rings (SSSR count). The van der Waals surface area contributed by atoms with E-state index in [0.717, 1.165) is 42.7 Å². The van der Waals surface area contributed by atoms with Crippen molar-refractivity contribution in [3.63, 3.8) is 0 Å². The molecule has 2 aromatic carbocycles. The summed E-state index contributed by atoms with van der Waals surface area (Å²) in [5.41, 5.74) is 14.5. The lowest BCUT2D eigenvalue weighted by atomic mass is 9.80. The number of carbonyl (C=O) groups excluding carboxylic acids is 2. The van der Waals surface area contributed by atoms with Crippen molar-refractivity contribution in [2.24, 2.45) is 11.8 Å². The minimum Gasteiger partial charge on any atom is -0.462 e. The summed E-state index contributed by atoms with van der Waals surface area (Å²) in [6.45, 7) is 2.45. The first-order valence-electron chi connectivity index (χ1n) is 12.2. The van der Waals surface area contributed by atoms with E-state index in [0.29, 0.717) is 23.5 Å². The predicted molar refractivity (Wildman–Crippen MR) is 136 cm³/mol. The summed E-state index contributed by atoms with van der Waals surface area (Å²) >= 11 is 0. The maximum absolute atomic E-state index is 12.5. The zero-order chi connectivity index (χ0) is 24.3. The van der Waals surface area contributed by atoms with Crippen molar-refractivity contribution in [3.05, 3.63) is 59.7 Å². The molecule has 0 heterocycles. The summed E-state index contributed by atoms with van der Waals surface area (Å²) in [5, 5.41) is 0. The number of hydrogen-bond donors (Lipinski definition) is 2. The van der Waals surface area contributed by atoms with Gasteiger partial charge >= 0.3 is 11.9 Å². The Morgan fingerprint density at radius 2 is 1.76 bits per heavy atom. The maximum Gasteiger partial charge on any atom is 0.330 e. The van der Waals surface area contributed by atoms with Crippen molar-refractivity contribution < 1.29 is 19.1 Å². The number of carbonyl (C=O) groups is 2. The van der Waals surface area contributed by atoms with Crippen molar-refractivity contribution in [1.29, 1.82) is 0 Å². The van der Waals surface area contributed by atoms with Gasteiger partial charge in [0.1, 0.15) is 5.75 Å². The Morgan fingerprint density at radius 3 is 2.44 bits per heavy atom. The Hall–Kier alpha value is -3.28. The van der Waals surface area contributed by atoms with Crippen LogP contribution in [0.4, 0.5) is 11.4 Å². The fourth-order valence-corrected chi connectivity index (χ4v) is 4.34. The molecular weight excluding hydrogens is 428 g/mol. The lowest BCUT2D eigenvalue weighted by Gasteiger charge is -2.27. The highest BCUT2D eigenvalue weighted by molar-refractivity contribution is 5.87. The first-order valence-corrected chi connectivity index (χ1v) is 12.2. The highest BCUT2D eigenvalue weighted by atomic mass is 16.5. The standard InChI is InChI=1S/C28H36N2O4/c1-2-3-4-20-5-10-23(11-6-20)28(32)34-25-14-7-21(8-15-25)9-16-27(31)33-18-17-22-12-13-24(29)19-26(22)30/h7-9,12-16,19-20,23H,2-6,10-11,17-18,29-30H2,1H3. The first kappa shape index (κ1) is 25.3. The fraction of sp³-hybridized carbons (Fsp3) is 0.429. The van der Waals surface area contributed by atoms with Crippen LogP contribution < -0.4 is 16.2 Å². The van der Waals surface area contributed by atoms with Crippen LogP contribution in [0.5, 0.6) is 5.75 Å². The largest absolute Gasteiger partial charge is 0.462 e. The lowest BCUT2D eigenvalue weighted by Crippen LogP contribution is -2.25. The van der Waals surface area contributed by atoms with E-state index in [1.165, 1.54) is 25.3 Å². The Kier molecular flexibility index (Phi) is 9.56. The summed E-state index contributed by atoms with van der Waals surface area (Å²) in [4.78, 5) is 24.5. The topological polar surface area (TPSA) is 105 Å². The van der Waals surface area contributed by atoms with Crippen LogP contribution in [0.15, 0.2) is 48.5 Å². The Labute approximate surface area is 202 Å². The second-order valence-corrected chi connectivity index (χ2v) is 9.06. The second-order valence-electron chi connectivity index (χ2n) is 9.06. The normalized spacial score (nSPS) is 18.0. The van der Waals surface area contributed by atoms with Crippen LogP contribution >= 0.6 is 0 Å². The van der Waals surface area contributed by atoms with Gasteiger partial charge in [-0.05, 0) is 73.1 Å². The van der Waals surface area contributed by atoms with Gasteiger partial charge in [-0.1, -0.05) is 44.4 Å². The van der Waals surface area contributed by atoms with Crippen LogP contribution in [0, 0.1) is 11.8 Å². The third kappa shape index (κ3) is 7.94. The molecule has 0 radical (unpaired) electrons. The summed E-state index contributed by atoms with van der Waals surface area (Å²) in [5.74, 6) is 0.717. The van der Waals surface area contributed by atoms with Crippen LogP contribution in [0.25, 0.3) is 6.08 Å². The molecule has 0 aliphatic heterocycles. The Bertz CT molecular complexity index is 976. The zero-order valence-corrected chi connectivity index (χ0v) is 20.0. The van der Waals surface area contributed by atoms with E-state index < -0.39 is 5.97 Å². The average molecular weight is 465 g/mol. The molecule has 0 spiro atoms. The van der Waals surface area contributed by atoms with Gasteiger partial charge in [-0.2, -0.15) is 0 Å². The van der Waals surface area contributed by atoms with E-state index in [9.17, 15) is 9.59 Å². The third-order valence-corrected chi connectivity index (χ3v) is 6.44. The number of unbranched alkanes of at least 4 members (excludes halogenated alkanes) is 1. The number of anilines is 2. The molecule has 6 heteroatoms. The summed E-state index contributed by atoms with van der Waals surface area (Å²) in [7, 11) is 0. The van der Waals surface area contributed by atoms with E-state index in [2.05, 4.69) is 6.92 Å². The van der Waals surface area contributed by atoms with Gasteiger partial charge in [0.05, 0.1) is 12.5 Å². The van der Waals surface area contributed by atoms with Crippen LogP contribution in [0.1, 0.15) is 63.0 Å². The van der Waals surface area contributed by atoms with Crippen molar-refractivity contribution in [3.8, 4) is 5.75 Å². The molecule has 0 atom stereocenters. The Balaban J connectivity index is 1.39. The van der Waals surface area contributed by atoms with Crippen LogP contribution in [0.2, 0.25) is 0 Å². The van der Waals surface area contributed by atoms with Crippen molar-refractivity contribution in [2.75, 3.05) is 18.1 Å². The molecule has 182 valence electrons. The number of esters is 2. The molecule has 0 bridgehead atoms. The van der Waals surface area contributed by atoms with E-state index in [1.54, 1.807) is 30.3 Å². The molecular formula is C28H36N2O4. The van der Waals surface area contributed by atoms with Gasteiger partial charge in [0, 0.05) is 23.9 Å². The molecule has 0 saturated heterocycles. The van der Waals surface area contributed by atoms with Gasteiger partial charge in [-0.25, -0.2) is 4.79 Å². The number of benzene rings is 2. The summed E-state index contributed by atoms with van der Waals surface area (Å²) in [6, 6.07) is 12.4. The molecule has 1 aliphatic carbocycles. The number of ether oxygens (including phenoxy) is 2. The number of nitrogen functional groups attached to an aromatic ring is 2. The predicted octanol–water partition coefficient (Wildman–Crippen LogP) is 5.55. The smallest absolute Gasteiger partial charge is 0.330 e. The van der Waals surface area contributed by atoms with Crippen molar-refractivity contribution in [1.82, 2.24) is 0 Å². The average Bonchev–Trinajstić information content (AvgIpc) is 2.84. The van der Waals surface area contributed by atoms with Crippen molar-refractivity contribution in [2.45, 2.75) is 58.3 Å². The van der Waals surface area contributed by atoms with Gasteiger partial charge in [-0.3, -0.25) is 4.79 Å².